The van der Waals surface area contributed by atoms with Crippen LogP contribution in [0, 0.1) is 0 Å². The average Bonchev–Trinajstić information content (AvgIpc) is 3.38. The van der Waals surface area contributed by atoms with Gasteiger partial charge in [0, 0.05) is 42.8 Å². The molecule has 0 saturated heterocycles. The Bertz CT molecular complexity index is 1390. The predicted octanol–water partition coefficient (Wildman–Crippen LogP) is 4.53. The first-order chi connectivity index (χ1) is 19.0. The van der Waals surface area contributed by atoms with Crippen molar-refractivity contribution < 1.29 is 24.3 Å². The number of amides is 1. The van der Waals surface area contributed by atoms with E-state index in [4.69, 9.17) is 14.7 Å². The predicted molar refractivity (Wildman–Crippen MR) is 150 cm³/mol. The summed E-state index contributed by atoms with van der Waals surface area (Å²) in [5.41, 5.74) is 6.76. The monoisotopic (exact) mass is 527 g/mol. The lowest BCUT2D eigenvalue weighted by Gasteiger charge is -2.22. The Balaban J connectivity index is 1.36. The Morgan fingerprint density at radius 2 is 1.72 bits per heavy atom. The van der Waals surface area contributed by atoms with Crippen LogP contribution in [-0.4, -0.2) is 53.8 Å². The van der Waals surface area contributed by atoms with Gasteiger partial charge >= 0.3 is 5.97 Å². The molecule has 1 heterocycles. The first-order valence-corrected chi connectivity index (χ1v) is 12.8. The normalized spacial score (nSPS) is 11.3. The fourth-order valence-electron chi connectivity index (χ4n) is 4.34. The minimum atomic E-state index is -0.580. The van der Waals surface area contributed by atoms with Crippen molar-refractivity contribution in [1.29, 1.82) is 0 Å². The average molecular weight is 528 g/mol. The highest BCUT2D eigenvalue weighted by molar-refractivity contribution is 5.90. The number of carbonyl (C=O) groups excluding carboxylic acids is 2. The molecule has 4 aromatic rings. The van der Waals surface area contributed by atoms with Gasteiger partial charge in [0.05, 0.1) is 13.5 Å². The highest BCUT2D eigenvalue weighted by Gasteiger charge is 2.12. The SMILES string of the molecule is COc1ccc(CC(=O)OCCN(CCc2c[nH]c3ccccc23)Cc2ccc(/C=C/C(=O)NO)cc2)cc1. The van der Waals surface area contributed by atoms with Gasteiger partial charge in [-0.2, -0.15) is 0 Å². The molecule has 0 bridgehead atoms. The third-order valence-corrected chi connectivity index (χ3v) is 6.47. The van der Waals surface area contributed by atoms with Gasteiger partial charge in [-0.25, -0.2) is 5.48 Å². The van der Waals surface area contributed by atoms with Crippen molar-refractivity contribution in [2.75, 3.05) is 26.8 Å². The zero-order chi connectivity index (χ0) is 27.5. The number of benzene rings is 3. The number of carbonyl (C=O) groups is 2. The van der Waals surface area contributed by atoms with E-state index in [0.29, 0.717) is 19.7 Å². The molecule has 0 saturated carbocycles. The number of para-hydroxylation sites is 1. The zero-order valence-electron chi connectivity index (χ0n) is 21.9. The maximum absolute atomic E-state index is 12.4. The van der Waals surface area contributed by atoms with Crippen molar-refractivity contribution in [1.82, 2.24) is 15.4 Å². The Morgan fingerprint density at radius 3 is 2.46 bits per heavy atom. The maximum Gasteiger partial charge on any atom is 0.310 e. The summed E-state index contributed by atoms with van der Waals surface area (Å²) >= 11 is 0. The van der Waals surface area contributed by atoms with E-state index in [-0.39, 0.29) is 12.4 Å². The molecule has 1 aromatic heterocycles. The van der Waals surface area contributed by atoms with Gasteiger partial charge in [-0.3, -0.25) is 19.7 Å². The molecule has 202 valence electrons. The number of nitrogens with one attached hydrogen (secondary N) is 2. The molecule has 0 radical (unpaired) electrons. The van der Waals surface area contributed by atoms with Crippen LogP contribution in [0.1, 0.15) is 22.3 Å². The van der Waals surface area contributed by atoms with Crippen molar-refractivity contribution in [3.8, 4) is 5.75 Å². The molecule has 3 aromatic carbocycles. The second kappa shape index (κ2) is 13.9. The lowest BCUT2D eigenvalue weighted by atomic mass is 10.1. The number of rotatable bonds is 13. The number of methoxy groups -OCH3 is 1. The van der Waals surface area contributed by atoms with Gasteiger partial charge in [0.2, 0.25) is 0 Å². The van der Waals surface area contributed by atoms with E-state index in [1.807, 2.05) is 60.7 Å². The minimum Gasteiger partial charge on any atom is -0.497 e. The van der Waals surface area contributed by atoms with Crippen LogP contribution in [-0.2, 0) is 33.7 Å². The van der Waals surface area contributed by atoms with E-state index in [0.717, 1.165) is 40.9 Å². The molecule has 8 heteroatoms. The van der Waals surface area contributed by atoms with E-state index in [9.17, 15) is 9.59 Å². The molecule has 0 aliphatic rings. The van der Waals surface area contributed by atoms with Crippen LogP contribution >= 0.6 is 0 Å². The number of aromatic nitrogens is 1. The van der Waals surface area contributed by atoms with Gasteiger partial charge in [0.25, 0.3) is 5.91 Å². The summed E-state index contributed by atoms with van der Waals surface area (Å²) < 4.78 is 10.7. The standard InChI is InChI=1S/C31H33N3O5/c1-38-27-13-10-24(11-14-27)20-31(36)39-19-18-34(17-16-26-21-32-29-5-3-2-4-28(26)29)22-25-8-6-23(7-9-25)12-15-30(35)33-37/h2-15,21,32,37H,16-20,22H2,1H3,(H,33,35)/b15-12+. The van der Waals surface area contributed by atoms with Crippen LogP contribution in [0.25, 0.3) is 17.0 Å². The molecule has 1 amide bonds. The summed E-state index contributed by atoms with van der Waals surface area (Å²) in [6.07, 6.45) is 6.01. The minimum absolute atomic E-state index is 0.211. The summed E-state index contributed by atoms with van der Waals surface area (Å²) in [7, 11) is 1.61. The van der Waals surface area contributed by atoms with Gasteiger partial charge in [0.1, 0.15) is 12.4 Å². The fourth-order valence-corrected chi connectivity index (χ4v) is 4.34. The summed E-state index contributed by atoms with van der Waals surface area (Å²) in [6, 6.07) is 23.5. The third-order valence-electron chi connectivity index (χ3n) is 6.47. The van der Waals surface area contributed by atoms with Crippen LogP contribution < -0.4 is 10.2 Å². The van der Waals surface area contributed by atoms with Crippen molar-refractivity contribution in [3.63, 3.8) is 0 Å². The molecule has 0 fully saturated rings. The molecule has 39 heavy (non-hydrogen) atoms. The van der Waals surface area contributed by atoms with E-state index in [2.05, 4.69) is 28.2 Å². The number of ether oxygens (including phenoxy) is 2. The quantitative estimate of drug-likeness (QED) is 0.102. The fraction of sp³-hybridized carbons (Fsp3) is 0.226. The van der Waals surface area contributed by atoms with Crippen LogP contribution in [0.2, 0.25) is 0 Å². The van der Waals surface area contributed by atoms with Gasteiger partial charge in [-0.05, 0) is 52.9 Å². The molecule has 0 aliphatic carbocycles. The molecule has 4 rings (SSSR count). The summed E-state index contributed by atoms with van der Waals surface area (Å²) in [5.74, 6) is -0.0958. The van der Waals surface area contributed by atoms with Crippen molar-refractivity contribution >= 4 is 28.9 Å². The Morgan fingerprint density at radius 1 is 0.974 bits per heavy atom. The van der Waals surface area contributed by atoms with E-state index >= 15 is 0 Å². The largest absolute Gasteiger partial charge is 0.497 e. The first kappa shape index (κ1) is 27.6. The Hall–Kier alpha value is -4.40. The third kappa shape index (κ3) is 8.29. The second-order valence-electron chi connectivity index (χ2n) is 9.18. The Kier molecular flexibility index (Phi) is 9.88. The van der Waals surface area contributed by atoms with Gasteiger partial charge in [-0.15, -0.1) is 0 Å². The van der Waals surface area contributed by atoms with E-state index in [1.165, 1.54) is 17.0 Å². The van der Waals surface area contributed by atoms with Crippen molar-refractivity contribution in [3.05, 3.63) is 107 Å². The molecule has 3 N–H and O–H groups in total. The highest BCUT2D eigenvalue weighted by atomic mass is 16.5. The number of H-pyrrole nitrogens is 1. The molecule has 8 nitrogen and oxygen atoms in total. The molecular formula is C31H33N3O5. The molecule has 0 unspecified atom stereocenters. The number of fused-ring (bicyclic) bond motifs is 1. The second-order valence-corrected chi connectivity index (χ2v) is 9.18. The van der Waals surface area contributed by atoms with Gasteiger partial charge < -0.3 is 14.5 Å². The van der Waals surface area contributed by atoms with Crippen LogP contribution in [0.15, 0.2) is 85.1 Å². The number of hydrogen-bond donors (Lipinski definition) is 3. The van der Waals surface area contributed by atoms with Gasteiger partial charge in [-0.1, -0.05) is 54.6 Å². The smallest absolute Gasteiger partial charge is 0.310 e. The first-order valence-electron chi connectivity index (χ1n) is 12.8. The number of esters is 1. The molecular weight excluding hydrogens is 494 g/mol. The zero-order valence-corrected chi connectivity index (χ0v) is 21.9. The van der Waals surface area contributed by atoms with Crippen LogP contribution in [0.5, 0.6) is 5.75 Å². The van der Waals surface area contributed by atoms with Gasteiger partial charge in [0.15, 0.2) is 0 Å². The molecule has 0 aliphatic heterocycles. The lowest BCUT2D eigenvalue weighted by Crippen LogP contribution is -2.30. The highest BCUT2D eigenvalue weighted by Crippen LogP contribution is 2.19. The summed E-state index contributed by atoms with van der Waals surface area (Å²) in [5, 5.41) is 9.85. The van der Waals surface area contributed by atoms with Crippen LogP contribution in [0.3, 0.4) is 0 Å². The number of aromatic amines is 1. The number of hydrogen-bond acceptors (Lipinski definition) is 6. The van der Waals surface area contributed by atoms with Crippen molar-refractivity contribution in [2.24, 2.45) is 0 Å². The summed E-state index contributed by atoms with van der Waals surface area (Å²) in [4.78, 5) is 29.3. The molecule has 0 spiro atoms. The van der Waals surface area contributed by atoms with E-state index in [1.54, 1.807) is 18.7 Å². The lowest BCUT2D eigenvalue weighted by molar-refractivity contribution is -0.143. The maximum atomic E-state index is 12.4. The molecule has 0 atom stereocenters. The van der Waals surface area contributed by atoms with Crippen molar-refractivity contribution in [2.45, 2.75) is 19.4 Å². The summed E-state index contributed by atoms with van der Waals surface area (Å²) in [6.45, 7) is 2.35. The number of hydroxylamine groups is 1. The topological polar surface area (TPSA) is 104 Å². The van der Waals surface area contributed by atoms with Crippen LogP contribution in [0.4, 0.5) is 0 Å². The van der Waals surface area contributed by atoms with E-state index < -0.39 is 5.91 Å². The number of nitrogens with zero attached hydrogens (tertiary/aromatic N) is 1. The Labute approximate surface area is 227 Å².